The number of hydrogen-bond donors (Lipinski definition) is 2. The Hall–Kier alpha value is -3.54. The Bertz CT molecular complexity index is 949. The highest BCUT2D eigenvalue weighted by Crippen LogP contribution is 2.11. The summed E-state index contributed by atoms with van der Waals surface area (Å²) < 4.78 is 0. The largest absolute Gasteiger partial charge is 0.326 e. The van der Waals surface area contributed by atoms with E-state index in [2.05, 4.69) is 20.8 Å². The van der Waals surface area contributed by atoms with Gasteiger partial charge < -0.3 is 5.32 Å². The number of anilines is 1. The summed E-state index contributed by atoms with van der Waals surface area (Å²) in [5, 5.41) is 7.59. The number of para-hydroxylation sites is 1. The Morgan fingerprint density at radius 1 is 1.00 bits per heavy atom. The fraction of sp³-hybridized carbons (Fsp3) is 0.0526. The molecule has 3 rings (SSSR count). The van der Waals surface area contributed by atoms with Crippen LogP contribution in [0.15, 0.2) is 65.8 Å². The molecule has 0 spiro atoms. The lowest BCUT2D eigenvalue weighted by Crippen LogP contribution is -2.18. The Balaban J connectivity index is 1.64. The molecule has 1 aromatic heterocycles. The number of amides is 2. The molecule has 0 aliphatic heterocycles. The van der Waals surface area contributed by atoms with Crippen LogP contribution in [0, 0.1) is 0 Å². The first kappa shape index (κ1) is 16.3. The van der Waals surface area contributed by atoms with Crippen molar-refractivity contribution in [3.63, 3.8) is 0 Å². The maximum Gasteiger partial charge on any atom is 0.289 e. The summed E-state index contributed by atoms with van der Waals surface area (Å²) in [4.78, 5) is 27.4. The number of pyridine rings is 1. The Labute approximate surface area is 144 Å². The number of fused-ring (bicyclic) bond motifs is 1. The molecule has 1 heterocycles. The maximum atomic E-state index is 12.1. The molecule has 6 nitrogen and oxygen atoms in total. The van der Waals surface area contributed by atoms with Gasteiger partial charge in [-0.15, -0.1) is 0 Å². The molecule has 0 saturated carbocycles. The molecule has 3 aromatic rings. The molecular formula is C19H16N4O2. The van der Waals surface area contributed by atoms with E-state index >= 15 is 0 Å². The van der Waals surface area contributed by atoms with Crippen LogP contribution < -0.4 is 10.7 Å². The highest BCUT2D eigenvalue weighted by molar-refractivity contribution is 5.95. The third-order valence-electron chi connectivity index (χ3n) is 3.44. The topological polar surface area (TPSA) is 83.5 Å². The predicted octanol–water partition coefficient (Wildman–Crippen LogP) is 2.96. The van der Waals surface area contributed by atoms with Crippen molar-refractivity contribution in [1.82, 2.24) is 10.4 Å². The van der Waals surface area contributed by atoms with E-state index in [9.17, 15) is 9.59 Å². The van der Waals surface area contributed by atoms with E-state index in [0.717, 1.165) is 16.5 Å². The molecular weight excluding hydrogens is 316 g/mol. The molecule has 2 aromatic carbocycles. The van der Waals surface area contributed by atoms with Crippen molar-refractivity contribution in [2.24, 2.45) is 5.10 Å². The van der Waals surface area contributed by atoms with Crippen molar-refractivity contribution in [3.8, 4) is 0 Å². The molecule has 25 heavy (non-hydrogen) atoms. The van der Waals surface area contributed by atoms with Gasteiger partial charge in [0.05, 0.1) is 11.7 Å². The van der Waals surface area contributed by atoms with Crippen LogP contribution >= 0.6 is 0 Å². The van der Waals surface area contributed by atoms with Crippen molar-refractivity contribution in [1.29, 1.82) is 0 Å². The van der Waals surface area contributed by atoms with Crippen LogP contribution in [-0.2, 0) is 4.79 Å². The van der Waals surface area contributed by atoms with E-state index in [1.165, 1.54) is 13.1 Å². The molecule has 0 atom stereocenters. The van der Waals surface area contributed by atoms with Crippen LogP contribution in [0.3, 0.4) is 0 Å². The Kier molecular flexibility index (Phi) is 4.80. The lowest BCUT2D eigenvalue weighted by molar-refractivity contribution is -0.114. The molecule has 6 heteroatoms. The molecule has 2 N–H and O–H groups in total. The number of hydrogen-bond acceptors (Lipinski definition) is 4. The molecule has 0 aliphatic rings. The van der Waals surface area contributed by atoms with Crippen LogP contribution in [0.2, 0.25) is 0 Å². The first-order chi connectivity index (χ1) is 12.1. The number of nitrogens with one attached hydrogen (secondary N) is 2. The van der Waals surface area contributed by atoms with E-state index in [1.807, 2.05) is 30.3 Å². The van der Waals surface area contributed by atoms with Gasteiger partial charge in [-0.25, -0.2) is 10.4 Å². The summed E-state index contributed by atoms with van der Waals surface area (Å²) in [6.45, 7) is 1.45. The number of carbonyl (C=O) groups excluding carboxylic acids is 2. The van der Waals surface area contributed by atoms with Gasteiger partial charge in [0, 0.05) is 18.0 Å². The van der Waals surface area contributed by atoms with Gasteiger partial charge in [0.2, 0.25) is 5.91 Å². The van der Waals surface area contributed by atoms with Gasteiger partial charge in [0.25, 0.3) is 5.91 Å². The summed E-state index contributed by atoms with van der Waals surface area (Å²) >= 11 is 0. The summed E-state index contributed by atoms with van der Waals surface area (Å²) in [7, 11) is 0. The molecule has 0 unspecified atom stereocenters. The van der Waals surface area contributed by atoms with E-state index in [0.29, 0.717) is 11.4 Å². The molecule has 0 fully saturated rings. The van der Waals surface area contributed by atoms with Crippen molar-refractivity contribution < 1.29 is 9.59 Å². The van der Waals surface area contributed by atoms with Gasteiger partial charge in [-0.1, -0.05) is 36.4 Å². The van der Waals surface area contributed by atoms with Gasteiger partial charge in [0.15, 0.2) is 0 Å². The molecule has 0 bridgehead atoms. The van der Waals surface area contributed by atoms with Gasteiger partial charge in [-0.05, 0) is 29.8 Å². The second-order valence-electron chi connectivity index (χ2n) is 5.39. The van der Waals surface area contributed by atoms with Crippen LogP contribution in [0.4, 0.5) is 5.69 Å². The lowest BCUT2D eigenvalue weighted by atomic mass is 10.2. The maximum absolute atomic E-state index is 12.1. The summed E-state index contributed by atoms with van der Waals surface area (Å²) in [5.41, 5.74) is 5.01. The minimum atomic E-state index is -0.378. The van der Waals surface area contributed by atoms with Crippen molar-refractivity contribution >= 4 is 34.6 Å². The standard InChI is InChI=1S/C19H16N4O2/c1-13(24)21-16-9-6-14(7-10-16)12-20-23-19(25)18-11-8-15-4-2-3-5-17(15)22-18/h2-12H,1H3,(H,21,24)(H,23,25). The minimum absolute atomic E-state index is 0.128. The zero-order valence-corrected chi connectivity index (χ0v) is 13.6. The minimum Gasteiger partial charge on any atom is -0.326 e. The third-order valence-corrected chi connectivity index (χ3v) is 3.44. The van der Waals surface area contributed by atoms with Gasteiger partial charge >= 0.3 is 0 Å². The van der Waals surface area contributed by atoms with Gasteiger partial charge in [0.1, 0.15) is 5.69 Å². The molecule has 0 radical (unpaired) electrons. The number of benzene rings is 2. The zero-order valence-electron chi connectivity index (χ0n) is 13.6. The van der Waals surface area contributed by atoms with E-state index in [1.54, 1.807) is 30.3 Å². The monoisotopic (exact) mass is 332 g/mol. The highest BCUT2D eigenvalue weighted by Gasteiger charge is 2.06. The second-order valence-corrected chi connectivity index (χ2v) is 5.39. The molecule has 2 amide bonds. The van der Waals surface area contributed by atoms with Crippen LogP contribution in [0.25, 0.3) is 10.9 Å². The average Bonchev–Trinajstić information content (AvgIpc) is 2.62. The average molecular weight is 332 g/mol. The van der Waals surface area contributed by atoms with Crippen LogP contribution in [0.5, 0.6) is 0 Å². The number of nitrogens with zero attached hydrogens (tertiary/aromatic N) is 2. The smallest absolute Gasteiger partial charge is 0.289 e. The fourth-order valence-electron chi connectivity index (χ4n) is 2.27. The van der Waals surface area contributed by atoms with Crippen molar-refractivity contribution in [3.05, 3.63) is 71.9 Å². The van der Waals surface area contributed by atoms with Crippen LogP contribution in [0.1, 0.15) is 23.0 Å². The third kappa shape index (κ3) is 4.26. The van der Waals surface area contributed by atoms with Crippen molar-refractivity contribution in [2.45, 2.75) is 6.92 Å². The Morgan fingerprint density at radius 3 is 2.52 bits per heavy atom. The quantitative estimate of drug-likeness (QED) is 0.569. The SMILES string of the molecule is CC(=O)Nc1ccc(C=NNC(=O)c2ccc3ccccc3n2)cc1. The fourth-order valence-corrected chi connectivity index (χ4v) is 2.27. The zero-order chi connectivity index (χ0) is 17.6. The van der Waals surface area contributed by atoms with E-state index < -0.39 is 0 Å². The summed E-state index contributed by atoms with van der Waals surface area (Å²) in [6, 6.07) is 18.2. The van der Waals surface area contributed by atoms with Crippen molar-refractivity contribution in [2.75, 3.05) is 5.32 Å². The summed E-state index contributed by atoms with van der Waals surface area (Å²) in [6.07, 6.45) is 1.52. The van der Waals surface area contributed by atoms with Gasteiger partial charge in [-0.3, -0.25) is 9.59 Å². The van der Waals surface area contributed by atoms with E-state index in [4.69, 9.17) is 0 Å². The molecule has 0 aliphatic carbocycles. The highest BCUT2D eigenvalue weighted by atomic mass is 16.2. The molecule has 0 saturated heterocycles. The number of carbonyl (C=O) groups is 2. The van der Waals surface area contributed by atoms with E-state index in [-0.39, 0.29) is 11.8 Å². The molecule has 124 valence electrons. The van der Waals surface area contributed by atoms with Gasteiger partial charge in [-0.2, -0.15) is 5.10 Å². The van der Waals surface area contributed by atoms with Crippen LogP contribution in [-0.4, -0.2) is 23.0 Å². The number of aromatic nitrogens is 1. The first-order valence-electron chi connectivity index (χ1n) is 7.69. The number of hydrazone groups is 1. The predicted molar refractivity (Wildman–Crippen MR) is 97.5 cm³/mol. The Morgan fingerprint density at radius 2 is 1.76 bits per heavy atom. The summed E-state index contributed by atoms with van der Waals surface area (Å²) in [5.74, 6) is -0.506. The first-order valence-corrected chi connectivity index (χ1v) is 7.69. The normalized spacial score (nSPS) is 10.8. The lowest BCUT2D eigenvalue weighted by Gasteiger charge is -2.02. The second kappa shape index (κ2) is 7.35. The number of rotatable bonds is 4.